The number of hydrogen-bond donors (Lipinski definition) is 0. The summed E-state index contributed by atoms with van der Waals surface area (Å²) in [6.45, 7) is -1.66. The van der Waals surface area contributed by atoms with Crippen LogP contribution in [0.25, 0.3) is 0 Å². The third kappa shape index (κ3) is 3.80. The number of ether oxygens (including phenoxy) is 2. The third-order valence-corrected chi connectivity index (χ3v) is 3.25. The van der Waals surface area contributed by atoms with E-state index in [1.165, 1.54) is 18.2 Å². The Morgan fingerprint density at radius 1 is 1.55 bits per heavy atom. The minimum Gasteiger partial charge on any atom is -0.435 e. The van der Waals surface area contributed by atoms with Gasteiger partial charge in [-0.25, -0.2) is 0 Å². The second kappa shape index (κ2) is 6.85. The standard InChI is InChI=1S/C13H14ClF2NO3/c14-7-11-8-17(4-5-19-11)12(18)9-2-1-3-10(6-9)20-13(15)16/h1-3,6,11,13H,4-5,7-8H2. The predicted molar refractivity (Wildman–Crippen MR) is 69.4 cm³/mol. The van der Waals surface area contributed by atoms with Crippen LogP contribution in [-0.2, 0) is 4.74 Å². The average Bonchev–Trinajstić information content (AvgIpc) is 2.46. The molecule has 0 radical (unpaired) electrons. The number of carbonyl (C=O) groups is 1. The maximum atomic E-state index is 12.3. The molecular formula is C13H14ClF2NO3. The van der Waals surface area contributed by atoms with Gasteiger partial charge >= 0.3 is 6.61 Å². The van der Waals surface area contributed by atoms with Crippen molar-refractivity contribution in [2.24, 2.45) is 0 Å². The van der Waals surface area contributed by atoms with Crippen molar-refractivity contribution in [3.05, 3.63) is 29.8 Å². The summed E-state index contributed by atoms with van der Waals surface area (Å²) >= 11 is 5.71. The molecular weight excluding hydrogens is 292 g/mol. The van der Waals surface area contributed by atoms with Crippen LogP contribution in [0.5, 0.6) is 5.75 Å². The minimum atomic E-state index is -2.91. The van der Waals surface area contributed by atoms with Crippen LogP contribution in [0.15, 0.2) is 24.3 Å². The first-order valence-corrected chi connectivity index (χ1v) is 6.65. The molecule has 1 heterocycles. The van der Waals surface area contributed by atoms with E-state index < -0.39 is 6.61 Å². The molecule has 4 nitrogen and oxygen atoms in total. The fraction of sp³-hybridized carbons (Fsp3) is 0.462. The Kier molecular flexibility index (Phi) is 5.14. The minimum absolute atomic E-state index is 0.0343. The Morgan fingerprint density at radius 2 is 2.35 bits per heavy atom. The van der Waals surface area contributed by atoms with Crippen LogP contribution in [0.1, 0.15) is 10.4 Å². The number of amides is 1. The maximum absolute atomic E-state index is 12.3. The average molecular weight is 306 g/mol. The summed E-state index contributed by atoms with van der Waals surface area (Å²) in [6.07, 6.45) is -0.199. The van der Waals surface area contributed by atoms with E-state index in [2.05, 4.69) is 4.74 Å². The zero-order chi connectivity index (χ0) is 14.5. The highest BCUT2D eigenvalue weighted by Crippen LogP contribution is 2.18. The molecule has 1 aliphatic rings. The summed E-state index contributed by atoms with van der Waals surface area (Å²) in [6, 6.07) is 5.75. The van der Waals surface area contributed by atoms with E-state index in [1.54, 1.807) is 11.0 Å². The highest BCUT2D eigenvalue weighted by Gasteiger charge is 2.24. The smallest absolute Gasteiger partial charge is 0.387 e. The molecule has 7 heteroatoms. The van der Waals surface area contributed by atoms with Gasteiger partial charge in [-0.2, -0.15) is 8.78 Å². The van der Waals surface area contributed by atoms with E-state index in [0.717, 1.165) is 0 Å². The van der Waals surface area contributed by atoms with Crippen LogP contribution in [-0.4, -0.2) is 49.1 Å². The van der Waals surface area contributed by atoms with Crippen LogP contribution in [0.3, 0.4) is 0 Å². The SMILES string of the molecule is O=C(c1cccc(OC(F)F)c1)N1CCOC(CCl)C1. The predicted octanol–water partition coefficient (Wildman–Crippen LogP) is 2.37. The van der Waals surface area contributed by atoms with E-state index in [0.29, 0.717) is 31.1 Å². The summed E-state index contributed by atoms with van der Waals surface area (Å²) in [7, 11) is 0. The number of halogens is 3. The van der Waals surface area contributed by atoms with Crippen molar-refractivity contribution < 1.29 is 23.0 Å². The highest BCUT2D eigenvalue weighted by molar-refractivity contribution is 6.18. The zero-order valence-corrected chi connectivity index (χ0v) is 11.4. The fourth-order valence-corrected chi connectivity index (χ4v) is 2.17. The Bertz CT molecular complexity index is 473. The summed E-state index contributed by atoms with van der Waals surface area (Å²) in [5.74, 6) is 0.0225. The van der Waals surface area contributed by atoms with Crippen molar-refractivity contribution in [1.82, 2.24) is 4.90 Å². The first-order chi connectivity index (χ1) is 9.60. The summed E-state index contributed by atoms with van der Waals surface area (Å²) in [5, 5.41) is 0. The van der Waals surface area contributed by atoms with Crippen LogP contribution in [0.2, 0.25) is 0 Å². The maximum Gasteiger partial charge on any atom is 0.387 e. The van der Waals surface area contributed by atoms with E-state index >= 15 is 0 Å². The van der Waals surface area contributed by atoms with Gasteiger partial charge < -0.3 is 14.4 Å². The van der Waals surface area contributed by atoms with Crippen molar-refractivity contribution in [2.75, 3.05) is 25.6 Å². The summed E-state index contributed by atoms with van der Waals surface area (Å²) in [5.41, 5.74) is 0.304. The number of alkyl halides is 3. The van der Waals surface area contributed by atoms with Gasteiger partial charge in [0.1, 0.15) is 5.75 Å². The van der Waals surface area contributed by atoms with Crippen LogP contribution >= 0.6 is 11.6 Å². The van der Waals surface area contributed by atoms with Gasteiger partial charge in [-0.1, -0.05) is 6.07 Å². The lowest BCUT2D eigenvalue weighted by Gasteiger charge is -2.32. The molecule has 1 atom stereocenters. The molecule has 0 spiro atoms. The van der Waals surface area contributed by atoms with Gasteiger partial charge in [0.2, 0.25) is 0 Å². The molecule has 1 fully saturated rings. The number of nitrogens with zero attached hydrogens (tertiary/aromatic N) is 1. The Balaban J connectivity index is 2.08. The fourth-order valence-electron chi connectivity index (χ4n) is 1.99. The van der Waals surface area contributed by atoms with E-state index in [-0.39, 0.29) is 17.8 Å². The van der Waals surface area contributed by atoms with Crippen molar-refractivity contribution >= 4 is 17.5 Å². The van der Waals surface area contributed by atoms with Crippen molar-refractivity contribution in [3.8, 4) is 5.75 Å². The molecule has 1 aliphatic heterocycles. The van der Waals surface area contributed by atoms with Crippen LogP contribution < -0.4 is 4.74 Å². The van der Waals surface area contributed by atoms with Gasteiger partial charge in [0.05, 0.1) is 18.6 Å². The summed E-state index contributed by atoms with van der Waals surface area (Å²) in [4.78, 5) is 13.9. The lowest BCUT2D eigenvalue weighted by Crippen LogP contribution is -2.46. The topological polar surface area (TPSA) is 38.8 Å². The molecule has 2 rings (SSSR count). The van der Waals surface area contributed by atoms with Crippen LogP contribution in [0, 0.1) is 0 Å². The Hall–Kier alpha value is -1.40. The molecule has 0 aromatic heterocycles. The van der Waals surface area contributed by atoms with Gasteiger partial charge in [0, 0.05) is 18.7 Å². The van der Waals surface area contributed by atoms with E-state index in [1.807, 2.05) is 0 Å². The quantitative estimate of drug-likeness (QED) is 0.802. The normalized spacial score (nSPS) is 19.2. The van der Waals surface area contributed by atoms with Gasteiger partial charge in [-0.15, -0.1) is 11.6 Å². The molecule has 1 aromatic carbocycles. The molecule has 110 valence electrons. The number of rotatable bonds is 4. The molecule has 0 N–H and O–H groups in total. The van der Waals surface area contributed by atoms with Gasteiger partial charge in [0.25, 0.3) is 5.91 Å². The number of morpholine rings is 1. The van der Waals surface area contributed by atoms with E-state index in [9.17, 15) is 13.6 Å². The monoisotopic (exact) mass is 305 g/mol. The molecule has 0 bridgehead atoms. The van der Waals surface area contributed by atoms with Gasteiger partial charge in [-0.3, -0.25) is 4.79 Å². The van der Waals surface area contributed by atoms with Gasteiger partial charge in [0.15, 0.2) is 0 Å². The lowest BCUT2D eigenvalue weighted by atomic mass is 10.1. The Morgan fingerprint density at radius 3 is 3.05 bits per heavy atom. The number of carbonyl (C=O) groups excluding carboxylic acids is 1. The lowest BCUT2D eigenvalue weighted by molar-refractivity contribution is -0.0499. The Labute approximate surface area is 120 Å². The second-order valence-corrected chi connectivity index (χ2v) is 4.61. The van der Waals surface area contributed by atoms with Crippen molar-refractivity contribution in [3.63, 3.8) is 0 Å². The number of hydrogen-bond acceptors (Lipinski definition) is 3. The summed E-state index contributed by atoms with van der Waals surface area (Å²) < 4.78 is 34.0. The van der Waals surface area contributed by atoms with Crippen LogP contribution in [0.4, 0.5) is 8.78 Å². The first kappa shape index (κ1) is 15.0. The number of benzene rings is 1. The zero-order valence-electron chi connectivity index (χ0n) is 10.6. The molecule has 0 saturated carbocycles. The largest absolute Gasteiger partial charge is 0.435 e. The highest BCUT2D eigenvalue weighted by atomic mass is 35.5. The van der Waals surface area contributed by atoms with Crippen molar-refractivity contribution in [1.29, 1.82) is 0 Å². The molecule has 1 unspecified atom stereocenters. The third-order valence-electron chi connectivity index (χ3n) is 2.90. The molecule has 0 aliphatic carbocycles. The molecule has 1 amide bonds. The molecule has 1 aromatic rings. The van der Waals surface area contributed by atoms with Crippen molar-refractivity contribution in [2.45, 2.75) is 12.7 Å². The van der Waals surface area contributed by atoms with Gasteiger partial charge in [-0.05, 0) is 18.2 Å². The first-order valence-electron chi connectivity index (χ1n) is 6.12. The molecule has 20 heavy (non-hydrogen) atoms. The second-order valence-electron chi connectivity index (χ2n) is 4.30. The molecule has 1 saturated heterocycles. The van der Waals surface area contributed by atoms with E-state index in [4.69, 9.17) is 16.3 Å².